The number of nitrogens with one attached hydrogen (secondary N) is 1. The molecule has 0 aromatic heterocycles. The summed E-state index contributed by atoms with van der Waals surface area (Å²) in [5.74, 6) is -3.11. The summed E-state index contributed by atoms with van der Waals surface area (Å²) in [6.07, 6.45) is 2.07. The molecule has 1 heterocycles. The fourth-order valence-electron chi connectivity index (χ4n) is 2.89. The van der Waals surface area contributed by atoms with E-state index in [2.05, 4.69) is 10.2 Å². The van der Waals surface area contributed by atoms with Crippen LogP contribution in [-0.2, 0) is 0 Å². The van der Waals surface area contributed by atoms with Crippen LogP contribution < -0.4 is 5.32 Å². The van der Waals surface area contributed by atoms with Gasteiger partial charge < -0.3 is 5.32 Å². The van der Waals surface area contributed by atoms with Crippen molar-refractivity contribution in [2.75, 3.05) is 26.2 Å². The summed E-state index contributed by atoms with van der Waals surface area (Å²) in [4.78, 5) is 2.18. The van der Waals surface area contributed by atoms with Crippen LogP contribution in [0.5, 0.6) is 0 Å². The van der Waals surface area contributed by atoms with Gasteiger partial charge >= 0.3 is 0 Å². The number of benzene rings is 1. The van der Waals surface area contributed by atoms with E-state index in [4.69, 9.17) is 0 Å². The predicted molar refractivity (Wildman–Crippen MR) is 66.2 cm³/mol. The molecule has 0 spiro atoms. The summed E-state index contributed by atoms with van der Waals surface area (Å²) in [5.41, 5.74) is 0.309. The second kappa shape index (κ2) is 5.13. The Morgan fingerprint density at radius 1 is 1.05 bits per heavy atom. The number of hydrogen-bond donors (Lipinski definition) is 1. The van der Waals surface area contributed by atoms with Gasteiger partial charge in [0.25, 0.3) is 0 Å². The minimum Gasteiger partial charge on any atom is -0.314 e. The van der Waals surface area contributed by atoms with Gasteiger partial charge in [0.05, 0.1) is 0 Å². The maximum Gasteiger partial charge on any atom is 0.194 e. The molecule has 0 radical (unpaired) electrons. The Hall–Kier alpha value is -1.07. The Labute approximate surface area is 110 Å². The molecule has 1 N–H and O–H groups in total. The van der Waals surface area contributed by atoms with E-state index in [-0.39, 0.29) is 6.04 Å². The summed E-state index contributed by atoms with van der Waals surface area (Å²) < 4.78 is 40.5. The summed E-state index contributed by atoms with van der Waals surface area (Å²) in [6, 6.07) is 2.32. The summed E-state index contributed by atoms with van der Waals surface area (Å²) in [6.45, 7) is 3.35. The highest BCUT2D eigenvalue weighted by molar-refractivity contribution is 5.25. The van der Waals surface area contributed by atoms with Crippen molar-refractivity contribution in [2.45, 2.75) is 18.9 Å². The Morgan fingerprint density at radius 3 is 2.37 bits per heavy atom. The van der Waals surface area contributed by atoms with Crippen LogP contribution in [0.1, 0.15) is 24.4 Å². The average molecular weight is 270 g/mol. The molecule has 3 rings (SSSR count). The molecular weight excluding hydrogens is 253 g/mol. The molecular formula is C14H17F3N2. The first kappa shape index (κ1) is 12.9. The largest absolute Gasteiger partial charge is 0.314 e. The van der Waals surface area contributed by atoms with Gasteiger partial charge in [0.15, 0.2) is 17.5 Å². The molecule has 1 aliphatic carbocycles. The third-order valence-electron chi connectivity index (χ3n) is 4.00. The van der Waals surface area contributed by atoms with E-state index in [1.165, 1.54) is 6.07 Å². The lowest BCUT2D eigenvalue weighted by atomic mass is 9.99. The van der Waals surface area contributed by atoms with Gasteiger partial charge in [-0.05, 0) is 24.8 Å². The normalized spacial score (nSPS) is 22.5. The second-order valence-electron chi connectivity index (χ2n) is 5.33. The molecule has 0 unspecified atom stereocenters. The molecule has 1 aromatic carbocycles. The molecule has 2 fully saturated rings. The van der Waals surface area contributed by atoms with Gasteiger partial charge in [0.1, 0.15) is 0 Å². The van der Waals surface area contributed by atoms with Gasteiger partial charge in [-0.1, -0.05) is 6.07 Å². The summed E-state index contributed by atoms with van der Waals surface area (Å²) >= 11 is 0. The number of hydrogen-bond acceptors (Lipinski definition) is 2. The highest BCUT2D eigenvalue weighted by atomic mass is 19.2. The minimum atomic E-state index is -1.35. The number of halogens is 3. The van der Waals surface area contributed by atoms with Crippen LogP contribution in [0.15, 0.2) is 12.1 Å². The van der Waals surface area contributed by atoms with Crippen LogP contribution in [0.4, 0.5) is 13.2 Å². The molecule has 1 saturated carbocycles. The van der Waals surface area contributed by atoms with Crippen LogP contribution in [0.2, 0.25) is 0 Å². The van der Waals surface area contributed by atoms with Gasteiger partial charge in [-0.2, -0.15) is 0 Å². The fraction of sp³-hybridized carbons (Fsp3) is 0.571. The van der Waals surface area contributed by atoms with E-state index in [1.54, 1.807) is 0 Å². The topological polar surface area (TPSA) is 15.3 Å². The Kier molecular flexibility index (Phi) is 3.50. The molecule has 104 valence electrons. The maximum absolute atomic E-state index is 14.0. The molecule has 1 aromatic rings. The Bertz CT molecular complexity index is 468. The zero-order valence-corrected chi connectivity index (χ0v) is 10.6. The highest BCUT2D eigenvalue weighted by Gasteiger charge is 2.38. The SMILES string of the molecule is Fc1ccc([C@H](C2CC2)N2CCNCC2)c(F)c1F. The van der Waals surface area contributed by atoms with E-state index in [9.17, 15) is 13.2 Å². The van der Waals surface area contributed by atoms with Crippen LogP contribution in [0.25, 0.3) is 0 Å². The zero-order valence-electron chi connectivity index (χ0n) is 10.6. The molecule has 0 bridgehead atoms. The van der Waals surface area contributed by atoms with Gasteiger partial charge in [-0.15, -0.1) is 0 Å². The van der Waals surface area contributed by atoms with Gasteiger partial charge in [-0.25, -0.2) is 13.2 Å². The van der Waals surface area contributed by atoms with Crippen molar-refractivity contribution >= 4 is 0 Å². The van der Waals surface area contributed by atoms with Crippen molar-refractivity contribution in [3.63, 3.8) is 0 Å². The molecule has 0 amide bonds. The highest BCUT2D eigenvalue weighted by Crippen LogP contribution is 2.45. The van der Waals surface area contributed by atoms with E-state index in [1.807, 2.05) is 0 Å². The molecule has 2 nitrogen and oxygen atoms in total. The molecule has 1 atom stereocenters. The minimum absolute atomic E-state index is 0.114. The van der Waals surface area contributed by atoms with Crippen molar-refractivity contribution in [3.8, 4) is 0 Å². The third-order valence-corrected chi connectivity index (χ3v) is 4.00. The standard InChI is InChI=1S/C14H17F3N2/c15-11-4-3-10(12(16)13(11)17)14(9-1-2-9)19-7-5-18-6-8-19/h3-4,9,14,18H,1-2,5-8H2/t14-/m0/s1. The van der Waals surface area contributed by atoms with Crippen molar-refractivity contribution in [2.24, 2.45) is 5.92 Å². The lowest BCUT2D eigenvalue weighted by Crippen LogP contribution is -2.46. The lowest BCUT2D eigenvalue weighted by Gasteiger charge is -2.35. The van der Waals surface area contributed by atoms with Gasteiger partial charge in [0, 0.05) is 37.8 Å². The number of piperazine rings is 1. The van der Waals surface area contributed by atoms with E-state index in [0.29, 0.717) is 11.5 Å². The Morgan fingerprint density at radius 2 is 1.74 bits per heavy atom. The smallest absolute Gasteiger partial charge is 0.194 e. The monoisotopic (exact) mass is 270 g/mol. The van der Waals surface area contributed by atoms with Gasteiger partial charge in [-0.3, -0.25) is 4.90 Å². The number of rotatable bonds is 3. The van der Waals surface area contributed by atoms with Crippen molar-refractivity contribution in [1.29, 1.82) is 0 Å². The van der Waals surface area contributed by atoms with Crippen LogP contribution in [-0.4, -0.2) is 31.1 Å². The first-order valence-corrected chi connectivity index (χ1v) is 6.76. The molecule has 5 heteroatoms. The molecule has 1 saturated heterocycles. The average Bonchev–Trinajstić information content (AvgIpc) is 3.25. The zero-order chi connectivity index (χ0) is 13.4. The van der Waals surface area contributed by atoms with Gasteiger partial charge in [0.2, 0.25) is 0 Å². The second-order valence-corrected chi connectivity index (χ2v) is 5.33. The van der Waals surface area contributed by atoms with Crippen LogP contribution >= 0.6 is 0 Å². The van der Waals surface area contributed by atoms with Crippen LogP contribution in [0.3, 0.4) is 0 Å². The van der Waals surface area contributed by atoms with E-state index < -0.39 is 17.5 Å². The maximum atomic E-state index is 14.0. The quantitative estimate of drug-likeness (QED) is 0.849. The van der Waals surface area contributed by atoms with E-state index in [0.717, 1.165) is 45.1 Å². The van der Waals surface area contributed by atoms with E-state index >= 15 is 0 Å². The molecule has 1 aliphatic heterocycles. The van der Waals surface area contributed by atoms with Crippen molar-refractivity contribution in [3.05, 3.63) is 35.1 Å². The fourth-order valence-corrected chi connectivity index (χ4v) is 2.89. The molecule has 19 heavy (non-hydrogen) atoms. The summed E-state index contributed by atoms with van der Waals surface area (Å²) in [5, 5.41) is 3.25. The molecule has 2 aliphatic rings. The lowest BCUT2D eigenvalue weighted by molar-refractivity contribution is 0.152. The number of nitrogens with zero attached hydrogens (tertiary/aromatic N) is 1. The Balaban J connectivity index is 1.93. The first-order chi connectivity index (χ1) is 9.18. The predicted octanol–water partition coefficient (Wildman–Crippen LogP) is 2.46. The first-order valence-electron chi connectivity index (χ1n) is 6.76. The summed E-state index contributed by atoms with van der Waals surface area (Å²) in [7, 11) is 0. The van der Waals surface area contributed by atoms with Crippen molar-refractivity contribution < 1.29 is 13.2 Å². The third kappa shape index (κ3) is 2.49. The van der Waals surface area contributed by atoms with Crippen LogP contribution in [0, 0.1) is 23.4 Å². The van der Waals surface area contributed by atoms with Crippen molar-refractivity contribution in [1.82, 2.24) is 10.2 Å².